The molecule has 0 heterocycles. The maximum atomic E-state index is 9.65. The maximum Gasteiger partial charge on any atom is 0.115 e. The van der Waals surface area contributed by atoms with E-state index in [-0.39, 0.29) is 18.4 Å². The van der Waals surface area contributed by atoms with Crippen molar-refractivity contribution < 1.29 is 15.3 Å². The predicted molar refractivity (Wildman–Crippen MR) is 71.6 cm³/mol. The van der Waals surface area contributed by atoms with Crippen LogP contribution in [0.3, 0.4) is 0 Å². The second kappa shape index (κ2) is 6.73. The molecule has 1 aromatic rings. The Hall–Kier alpha value is -1.10. The molecule has 0 aliphatic heterocycles. The fourth-order valence-electron chi connectivity index (χ4n) is 1.60. The van der Waals surface area contributed by atoms with Crippen LogP contribution in [0, 0.1) is 0 Å². The molecule has 0 fully saturated rings. The van der Waals surface area contributed by atoms with E-state index in [9.17, 15) is 10.2 Å². The molecule has 2 unspecified atom stereocenters. The summed E-state index contributed by atoms with van der Waals surface area (Å²) in [6.07, 6.45) is 1.85. The van der Waals surface area contributed by atoms with Gasteiger partial charge < -0.3 is 20.6 Å². The molecule has 0 saturated heterocycles. The summed E-state index contributed by atoms with van der Waals surface area (Å²) in [5.74, 6) is 0.281. The molecular weight excluding hydrogens is 230 g/mol. The smallest absolute Gasteiger partial charge is 0.115 e. The van der Waals surface area contributed by atoms with Gasteiger partial charge in [0.05, 0.1) is 12.2 Å². The topological polar surface area (TPSA) is 72.7 Å². The number of aromatic hydroxyl groups is 1. The van der Waals surface area contributed by atoms with Gasteiger partial charge in [0, 0.05) is 12.6 Å². The molecule has 0 saturated carbocycles. The summed E-state index contributed by atoms with van der Waals surface area (Å²) in [6, 6.07) is 7.45. The molecule has 0 amide bonds. The minimum atomic E-state index is -1.06. The van der Waals surface area contributed by atoms with Crippen molar-refractivity contribution in [2.24, 2.45) is 0 Å². The van der Waals surface area contributed by atoms with Gasteiger partial charge in [-0.2, -0.15) is 0 Å². The zero-order valence-corrected chi connectivity index (χ0v) is 11.1. The van der Waals surface area contributed by atoms with Crippen LogP contribution in [0.25, 0.3) is 0 Å². The minimum absolute atomic E-state index is 0.245. The molecule has 1 rings (SSSR count). The largest absolute Gasteiger partial charge is 0.508 e. The summed E-state index contributed by atoms with van der Waals surface area (Å²) in [5.41, 5.74) is 0.114. The Labute approximate surface area is 108 Å². The molecule has 102 valence electrons. The van der Waals surface area contributed by atoms with Crippen molar-refractivity contribution in [2.75, 3.05) is 13.2 Å². The Balaban J connectivity index is 2.29. The Morgan fingerprint density at radius 1 is 1.28 bits per heavy atom. The summed E-state index contributed by atoms with van der Waals surface area (Å²) in [6.45, 7) is 3.78. The van der Waals surface area contributed by atoms with Crippen LogP contribution in [0.4, 0.5) is 0 Å². The number of aliphatic hydroxyl groups is 2. The highest BCUT2D eigenvalue weighted by Crippen LogP contribution is 2.12. The quantitative estimate of drug-likeness (QED) is 0.586. The Kier molecular flexibility index (Phi) is 5.59. The zero-order chi connectivity index (χ0) is 13.6. The molecule has 18 heavy (non-hydrogen) atoms. The van der Waals surface area contributed by atoms with E-state index in [1.807, 2.05) is 19.1 Å². The van der Waals surface area contributed by atoms with Crippen LogP contribution in [0.1, 0.15) is 25.8 Å². The first-order valence-corrected chi connectivity index (χ1v) is 6.27. The Morgan fingerprint density at radius 2 is 1.89 bits per heavy atom. The predicted octanol–water partition coefficient (Wildman–Crippen LogP) is 1.05. The first-order valence-electron chi connectivity index (χ1n) is 6.27. The normalized spacial score (nSPS) is 16.2. The summed E-state index contributed by atoms with van der Waals surface area (Å²) in [5, 5.41) is 30.9. The van der Waals surface area contributed by atoms with Crippen molar-refractivity contribution in [2.45, 2.75) is 38.3 Å². The first-order chi connectivity index (χ1) is 8.43. The van der Waals surface area contributed by atoms with Crippen LogP contribution in [0.15, 0.2) is 24.3 Å². The van der Waals surface area contributed by atoms with Crippen LogP contribution in [0.2, 0.25) is 0 Å². The van der Waals surface area contributed by atoms with E-state index >= 15 is 0 Å². The van der Waals surface area contributed by atoms with Gasteiger partial charge in [0.25, 0.3) is 0 Å². The Morgan fingerprint density at radius 3 is 2.44 bits per heavy atom. The van der Waals surface area contributed by atoms with Crippen molar-refractivity contribution in [3.63, 3.8) is 0 Å². The van der Waals surface area contributed by atoms with Gasteiger partial charge in [-0.1, -0.05) is 12.1 Å². The fraction of sp³-hybridized carbons (Fsp3) is 0.571. The molecule has 4 heteroatoms. The number of phenolic OH excluding ortho intramolecular Hbond substituents is 1. The SMILES string of the molecule is CC(CCc1ccc(O)cc1)NCC(C)(O)CO. The number of benzene rings is 1. The van der Waals surface area contributed by atoms with Gasteiger partial charge in [0.2, 0.25) is 0 Å². The first kappa shape index (κ1) is 15.0. The highest BCUT2D eigenvalue weighted by Gasteiger charge is 2.19. The van der Waals surface area contributed by atoms with Gasteiger partial charge in [0.15, 0.2) is 0 Å². The van der Waals surface area contributed by atoms with E-state index < -0.39 is 5.60 Å². The van der Waals surface area contributed by atoms with E-state index in [0.29, 0.717) is 6.54 Å². The number of aliphatic hydroxyl groups excluding tert-OH is 1. The third kappa shape index (κ3) is 5.49. The van der Waals surface area contributed by atoms with Crippen LogP contribution in [-0.2, 0) is 6.42 Å². The van der Waals surface area contributed by atoms with E-state index in [2.05, 4.69) is 5.32 Å². The summed E-state index contributed by atoms with van der Waals surface area (Å²) >= 11 is 0. The minimum Gasteiger partial charge on any atom is -0.508 e. The molecular formula is C14H23NO3. The van der Waals surface area contributed by atoms with Gasteiger partial charge in [0.1, 0.15) is 5.75 Å². The molecule has 0 aromatic heterocycles. The maximum absolute atomic E-state index is 9.65. The van der Waals surface area contributed by atoms with Crippen molar-refractivity contribution in [1.82, 2.24) is 5.32 Å². The average molecular weight is 253 g/mol. The number of nitrogens with one attached hydrogen (secondary N) is 1. The second-order valence-corrected chi connectivity index (χ2v) is 5.14. The molecule has 4 nitrogen and oxygen atoms in total. The van der Waals surface area contributed by atoms with Crippen molar-refractivity contribution in [1.29, 1.82) is 0 Å². The van der Waals surface area contributed by atoms with Gasteiger partial charge in [-0.05, 0) is 44.4 Å². The van der Waals surface area contributed by atoms with E-state index in [1.54, 1.807) is 19.1 Å². The molecule has 4 N–H and O–H groups in total. The molecule has 0 spiro atoms. The summed E-state index contributed by atoms with van der Waals surface area (Å²) in [7, 11) is 0. The lowest BCUT2D eigenvalue weighted by Crippen LogP contribution is -2.44. The van der Waals surface area contributed by atoms with Crippen molar-refractivity contribution in [3.8, 4) is 5.75 Å². The van der Waals surface area contributed by atoms with Gasteiger partial charge in [-0.3, -0.25) is 0 Å². The summed E-state index contributed by atoms with van der Waals surface area (Å²) in [4.78, 5) is 0. The third-order valence-electron chi connectivity index (χ3n) is 2.97. The molecule has 2 atom stereocenters. The van der Waals surface area contributed by atoms with Crippen LogP contribution in [0.5, 0.6) is 5.75 Å². The molecule has 0 bridgehead atoms. The van der Waals surface area contributed by atoms with Crippen molar-refractivity contribution >= 4 is 0 Å². The molecule has 0 radical (unpaired) electrons. The average Bonchev–Trinajstić information content (AvgIpc) is 2.36. The van der Waals surface area contributed by atoms with E-state index in [0.717, 1.165) is 12.8 Å². The lowest BCUT2D eigenvalue weighted by atomic mass is 10.0. The van der Waals surface area contributed by atoms with E-state index in [4.69, 9.17) is 5.11 Å². The lowest BCUT2D eigenvalue weighted by Gasteiger charge is -2.23. The van der Waals surface area contributed by atoms with Crippen LogP contribution < -0.4 is 5.32 Å². The number of phenols is 1. The number of hydrogen-bond donors (Lipinski definition) is 4. The fourth-order valence-corrected chi connectivity index (χ4v) is 1.60. The third-order valence-corrected chi connectivity index (χ3v) is 2.97. The highest BCUT2D eigenvalue weighted by molar-refractivity contribution is 5.25. The number of aryl methyl sites for hydroxylation is 1. The highest BCUT2D eigenvalue weighted by atomic mass is 16.3. The lowest BCUT2D eigenvalue weighted by molar-refractivity contribution is 0.000954. The number of hydrogen-bond acceptors (Lipinski definition) is 4. The Bertz CT molecular complexity index is 349. The van der Waals surface area contributed by atoms with Crippen LogP contribution >= 0.6 is 0 Å². The van der Waals surface area contributed by atoms with Gasteiger partial charge >= 0.3 is 0 Å². The molecule has 1 aromatic carbocycles. The zero-order valence-electron chi connectivity index (χ0n) is 11.1. The monoisotopic (exact) mass is 253 g/mol. The summed E-state index contributed by atoms with van der Waals surface area (Å²) < 4.78 is 0. The van der Waals surface area contributed by atoms with Gasteiger partial charge in [-0.25, -0.2) is 0 Å². The molecule has 0 aliphatic rings. The van der Waals surface area contributed by atoms with Crippen LogP contribution in [-0.4, -0.2) is 40.1 Å². The van der Waals surface area contributed by atoms with Gasteiger partial charge in [-0.15, -0.1) is 0 Å². The number of rotatable bonds is 7. The van der Waals surface area contributed by atoms with E-state index in [1.165, 1.54) is 5.56 Å². The van der Waals surface area contributed by atoms with Crippen molar-refractivity contribution in [3.05, 3.63) is 29.8 Å². The second-order valence-electron chi connectivity index (χ2n) is 5.14. The molecule has 0 aliphatic carbocycles. The standard InChI is InChI=1S/C14H23NO3/c1-11(15-9-14(2,18)10-16)3-4-12-5-7-13(17)8-6-12/h5-8,11,15-18H,3-4,9-10H2,1-2H3.